The lowest BCUT2D eigenvalue weighted by Gasteiger charge is -2.02. The summed E-state index contributed by atoms with van der Waals surface area (Å²) in [6, 6.07) is 3.80. The van der Waals surface area contributed by atoms with Crippen LogP contribution in [0.5, 0.6) is 0 Å². The van der Waals surface area contributed by atoms with Crippen molar-refractivity contribution in [2.24, 2.45) is 7.05 Å². The van der Waals surface area contributed by atoms with Crippen LogP contribution in [-0.4, -0.2) is 14.5 Å². The number of aromatic nitrogens is 3. The van der Waals surface area contributed by atoms with Crippen LogP contribution in [0.2, 0.25) is 0 Å². The van der Waals surface area contributed by atoms with Crippen LogP contribution in [0.1, 0.15) is 5.56 Å². The topological polar surface area (TPSA) is 50.7 Å². The number of nitrogens with one attached hydrogen (secondary N) is 1. The molecule has 1 N–H and O–H groups in total. The molecule has 0 bridgehead atoms. The molecule has 0 amide bonds. The van der Waals surface area contributed by atoms with E-state index in [9.17, 15) is 4.79 Å². The number of pyridine rings is 1. The van der Waals surface area contributed by atoms with Gasteiger partial charge < -0.3 is 9.55 Å². The van der Waals surface area contributed by atoms with Crippen LogP contribution >= 0.6 is 0 Å². The number of H-pyrrole nitrogens is 1. The van der Waals surface area contributed by atoms with E-state index >= 15 is 0 Å². The smallest absolute Gasteiger partial charge is 0.258 e. The first-order chi connectivity index (χ1) is 7.68. The van der Waals surface area contributed by atoms with Gasteiger partial charge in [0, 0.05) is 7.05 Å². The van der Waals surface area contributed by atoms with Gasteiger partial charge in [0.15, 0.2) is 6.33 Å². The molecule has 3 rings (SSSR count). The Bertz CT molecular complexity index is 752. The van der Waals surface area contributed by atoms with E-state index in [0.717, 1.165) is 22.0 Å². The maximum absolute atomic E-state index is 11.9. The number of rotatable bonds is 0. The van der Waals surface area contributed by atoms with Crippen molar-refractivity contribution in [3.63, 3.8) is 0 Å². The Morgan fingerprint density at radius 2 is 2.25 bits per heavy atom. The first kappa shape index (κ1) is 9.15. The molecule has 0 aliphatic heterocycles. The van der Waals surface area contributed by atoms with E-state index in [1.807, 2.05) is 26.1 Å². The Morgan fingerprint density at radius 1 is 1.44 bits per heavy atom. The van der Waals surface area contributed by atoms with Crippen LogP contribution in [-0.2, 0) is 7.05 Å². The van der Waals surface area contributed by atoms with Crippen molar-refractivity contribution in [3.8, 4) is 0 Å². The van der Waals surface area contributed by atoms with Gasteiger partial charge in [-0.15, -0.1) is 0 Å². The zero-order valence-electron chi connectivity index (χ0n) is 8.96. The molecule has 2 radical (unpaired) electrons. The van der Waals surface area contributed by atoms with Crippen molar-refractivity contribution in [2.75, 3.05) is 0 Å². The summed E-state index contributed by atoms with van der Waals surface area (Å²) < 4.78 is 1.74. The van der Waals surface area contributed by atoms with Crippen molar-refractivity contribution in [1.29, 1.82) is 0 Å². The van der Waals surface area contributed by atoms with Gasteiger partial charge in [0.25, 0.3) is 5.56 Å². The van der Waals surface area contributed by atoms with Crippen LogP contribution < -0.4 is 5.56 Å². The Balaban J connectivity index is 2.74. The highest BCUT2D eigenvalue weighted by atomic mass is 16.1. The average Bonchev–Trinajstić information content (AvgIpc) is 2.66. The number of aromatic amines is 1. The van der Waals surface area contributed by atoms with Gasteiger partial charge in [0.2, 0.25) is 0 Å². The molecule has 3 aromatic rings. The van der Waals surface area contributed by atoms with E-state index < -0.39 is 0 Å². The molecular formula is C12H9N3O. The van der Waals surface area contributed by atoms with Gasteiger partial charge in [0.1, 0.15) is 0 Å². The minimum absolute atomic E-state index is 0.136. The molecule has 1 aromatic carbocycles. The van der Waals surface area contributed by atoms with Gasteiger partial charge in [0.05, 0.1) is 22.6 Å². The minimum atomic E-state index is -0.136. The largest absolute Gasteiger partial charge is 0.324 e. The molecule has 0 atom stereocenters. The molecule has 2 heterocycles. The molecule has 4 nitrogen and oxygen atoms in total. The molecule has 0 spiro atoms. The number of fused-ring (bicyclic) bond motifs is 3. The third kappa shape index (κ3) is 1.04. The second kappa shape index (κ2) is 2.95. The fourth-order valence-electron chi connectivity index (χ4n) is 2.01. The highest BCUT2D eigenvalue weighted by Crippen LogP contribution is 2.22. The van der Waals surface area contributed by atoms with E-state index in [-0.39, 0.29) is 5.56 Å². The first-order valence-corrected chi connectivity index (χ1v) is 4.96. The zero-order chi connectivity index (χ0) is 11.3. The van der Waals surface area contributed by atoms with E-state index in [1.165, 1.54) is 0 Å². The predicted molar refractivity (Wildman–Crippen MR) is 61.2 cm³/mol. The molecule has 0 saturated carbocycles. The Morgan fingerprint density at radius 3 is 3.06 bits per heavy atom. The van der Waals surface area contributed by atoms with Crippen LogP contribution in [0, 0.1) is 19.4 Å². The summed E-state index contributed by atoms with van der Waals surface area (Å²) in [5.74, 6) is 0. The maximum Gasteiger partial charge on any atom is 0.258 e. The fraction of sp³-hybridized carbons (Fsp3) is 0.167. The first-order valence-electron chi connectivity index (χ1n) is 4.96. The summed E-state index contributed by atoms with van der Waals surface area (Å²) in [4.78, 5) is 18.6. The summed E-state index contributed by atoms with van der Waals surface area (Å²) in [5.41, 5.74) is 2.39. The van der Waals surface area contributed by atoms with E-state index in [1.54, 1.807) is 4.57 Å². The lowest BCUT2D eigenvalue weighted by Crippen LogP contribution is -2.08. The molecular weight excluding hydrogens is 202 g/mol. The molecule has 4 heteroatoms. The molecule has 16 heavy (non-hydrogen) atoms. The minimum Gasteiger partial charge on any atom is -0.324 e. The number of nitrogens with zero attached hydrogens (tertiary/aromatic N) is 2. The number of aryl methyl sites for hydroxylation is 2. The molecule has 0 saturated heterocycles. The molecule has 78 valence electrons. The van der Waals surface area contributed by atoms with Gasteiger partial charge >= 0.3 is 0 Å². The van der Waals surface area contributed by atoms with Crippen LogP contribution in [0.4, 0.5) is 0 Å². The number of imidazole rings is 1. The molecule has 0 aliphatic rings. The van der Waals surface area contributed by atoms with Gasteiger partial charge in [-0.1, -0.05) is 6.07 Å². The Kier molecular flexibility index (Phi) is 1.68. The van der Waals surface area contributed by atoms with Gasteiger partial charge in [-0.2, -0.15) is 0 Å². The highest BCUT2D eigenvalue weighted by molar-refractivity contribution is 6.04. The Hall–Kier alpha value is -2.10. The van der Waals surface area contributed by atoms with E-state index in [2.05, 4.69) is 22.5 Å². The standard InChI is InChI=1S/C12H9N3O/c1-7-5-13-12(16)10-8(7)3-4-9-11(10)15(2)6-14-9/h3-4H,1-2H3,(H,13,16). The molecule has 0 aliphatic carbocycles. The maximum atomic E-state index is 11.9. The van der Waals surface area contributed by atoms with E-state index in [0.29, 0.717) is 5.39 Å². The number of hydrogen-bond acceptors (Lipinski definition) is 2. The Labute approximate surface area is 91.5 Å². The third-order valence-corrected chi connectivity index (χ3v) is 2.81. The second-order valence-electron chi connectivity index (χ2n) is 3.83. The third-order valence-electron chi connectivity index (χ3n) is 2.81. The van der Waals surface area contributed by atoms with Crippen LogP contribution in [0.25, 0.3) is 21.8 Å². The summed E-state index contributed by atoms with van der Waals surface area (Å²) in [7, 11) is 1.83. The molecule has 0 unspecified atom stereocenters. The van der Waals surface area contributed by atoms with Crippen molar-refractivity contribution < 1.29 is 0 Å². The van der Waals surface area contributed by atoms with Crippen molar-refractivity contribution >= 4 is 21.8 Å². The number of hydrogen-bond donors (Lipinski definition) is 1. The predicted octanol–water partition coefficient (Wildman–Crippen LogP) is 1.32. The van der Waals surface area contributed by atoms with E-state index in [4.69, 9.17) is 0 Å². The van der Waals surface area contributed by atoms with Gasteiger partial charge in [-0.25, -0.2) is 4.98 Å². The SMILES string of the molecule is Cc1[c][nH]c(=O)c2c1ccc1n[c]n(C)c12. The molecule has 2 aromatic heterocycles. The summed E-state index contributed by atoms with van der Waals surface area (Å²) in [5, 5.41) is 1.57. The zero-order valence-corrected chi connectivity index (χ0v) is 8.96. The van der Waals surface area contributed by atoms with Crippen LogP contribution in [0.3, 0.4) is 0 Å². The highest BCUT2D eigenvalue weighted by Gasteiger charge is 2.10. The quantitative estimate of drug-likeness (QED) is 0.609. The fourth-order valence-corrected chi connectivity index (χ4v) is 2.01. The summed E-state index contributed by atoms with van der Waals surface area (Å²) in [6.45, 7) is 1.92. The van der Waals surface area contributed by atoms with Crippen molar-refractivity contribution in [2.45, 2.75) is 6.92 Å². The monoisotopic (exact) mass is 211 g/mol. The lowest BCUT2D eigenvalue weighted by atomic mass is 10.1. The van der Waals surface area contributed by atoms with Gasteiger partial charge in [-0.3, -0.25) is 4.79 Å². The lowest BCUT2D eigenvalue weighted by molar-refractivity contribution is 0.938. The van der Waals surface area contributed by atoms with Crippen LogP contribution in [0.15, 0.2) is 16.9 Å². The number of benzene rings is 1. The van der Waals surface area contributed by atoms with Crippen molar-refractivity contribution in [1.82, 2.24) is 14.5 Å². The second-order valence-corrected chi connectivity index (χ2v) is 3.83. The normalized spacial score (nSPS) is 11.4. The average molecular weight is 211 g/mol. The summed E-state index contributed by atoms with van der Waals surface area (Å²) in [6.07, 6.45) is 5.66. The molecule has 0 fully saturated rings. The van der Waals surface area contributed by atoms with Crippen molar-refractivity contribution in [3.05, 3.63) is 40.6 Å². The summed E-state index contributed by atoms with van der Waals surface area (Å²) >= 11 is 0. The van der Waals surface area contributed by atoms with Gasteiger partial charge in [-0.05, 0) is 23.9 Å².